The molecule has 2 aromatic carbocycles. The molecule has 0 saturated heterocycles. The van der Waals surface area contributed by atoms with Crippen molar-refractivity contribution in [2.75, 3.05) is 6.54 Å². The zero-order valence-electron chi connectivity index (χ0n) is 11.0. The van der Waals surface area contributed by atoms with Gasteiger partial charge >= 0.3 is 0 Å². The van der Waals surface area contributed by atoms with E-state index < -0.39 is 0 Å². The predicted octanol–water partition coefficient (Wildman–Crippen LogP) is 3.76. The van der Waals surface area contributed by atoms with Crippen molar-refractivity contribution in [3.63, 3.8) is 0 Å². The van der Waals surface area contributed by atoms with Gasteiger partial charge in [-0.3, -0.25) is 0 Å². The molecule has 18 heavy (non-hydrogen) atoms. The first-order chi connectivity index (χ1) is 8.73. The standard InChI is InChI=1S/C17H21N/c1-17(12-18,15-9-10-15)11-14-7-4-6-13-5-2-3-8-16(13)14/h2-8,15H,9-12,18H2,1H3. The van der Waals surface area contributed by atoms with Crippen LogP contribution in [0.25, 0.3) is 10.8 Å². The van der Waals surface area contributed by atoms with Gasteiger partial charge in [0.2, 0.25) is 0 Å². The van der Waals surface area contributed by atoms with Crippen molar-refractivity contribution >= 4 is 10.8 Å². The maximum atomic E-state index is 6.04. The zero-order valence-corrected chi connectivity index (χ0v) is 11.0. The highest BCUT2D eigenvalue weighted by molar-refractivity contribution is 5.85. The predicted molar refractivity (Wildman–Crippen MR) is 77.5 cm³/mol. The minimum Gasteiger partial charge on any atom is -0.330 e. The molecule has 1 heteroatoms. The Kier molecular flexibility index (Phi) is 2.87. The normalized spacial score (nSPS) is 18.8. The highest BCUT2D eigenvalue weighted by atomic mass is 14.6. The number of fused-ring (bicyclic) bond motifs is 1. The van der Waals surface area contributed by atoms with Crippen LogP contribution in [-0.2, 0) is 6.42 Å². The lowest BCUT2D eigenvalue weighted by atomic mass is 9.78. The molecule has 0 radical (unpaired) electrons. The summed E-state index contributed by atoms with van der Waals surface area (Å²) in [5, 5.41) is 2.73. The van der Waals surface area contributed by atoms with Gasteiger partial charge in [0.15, 0.2) is 0 Å². The average molecular weight is 239 g/mol. The van der Waals surface area contributed by atoms with Gasteiger partial charge in [0, 0.05) is 0 Å². The fraction of sp³-hybridized carbons (Fsp3) is 0.412. The molecule has 0 aromatic heterocycles. The zero-order chi connectivity index (χ0) is 12.6. The Labute approximate surface area is 109 Å². The van der Waals surface area contributed by atoms with Crippen LogP contribution in [0.3, 0.4) is 0 Å². The van der Waals surface area contributed by atoms with Crippen LogP contribution in [0.4, 0.5) is 0 Å². The molecule has 0 bridgehead atoms. The number of hydrogen-bond acceptors (Lipinski definition) is 1. The second kappa shape index (κ2) is 4.40. The fourth-order valence-corrected chi connectivity index (χ4v) is 3.05. The number of nitrogens with two attached hydrogens (primary N) is 1. The summed E-state index contributed by atoms with van der Waals surface area (Å²) >= 11 is 0. The molecule has 1 aliphatic carbocycles. The summed E-state index contributed by atoms with van der Waals surface area (Å²) in [7, 11) is 0. The highest BCUT2D eigenvalue weighted by Gasteiger charge is 2.40. The molecule has 94 valence electrons. The Morgan fingerprint density at radius 2 is 1.83 bits per heavy atom. The SMILES string of the molecule is CC(CN)(Cc1cccc2ccccc12)C1CC1. The lowest BCUT2D eigenvalue weighted by molar-refractivity contribution is 0.282. The molecular weight excluding hydrogens is 218 g/mol. The van der Waals surface area contributed by atoms with Gasteiger partial charge in [-0.25, -0.2) is 0 Å². The summed E-state index contributed by atoms with van der Waals surface area (Å²) in [5.41, 5.74) is 7.77. The van der Waals surface area contributed by atoms with Gasteiger partial charge in [-0.1, -0.05) is 49.4 Å². The third-order valence-electron chi connectivity index (χ3n) is 4.50. The quantitative estimate of drug-likeness (QED) is 0.863. The van der Waals surface area contributed by atoms with Gasteiger partial charge in [0.05, 0.1) is 0 Å². The van der Waals surface area contributed by atoms with E-state index in [1.807, 2.05) is 0 Å². The van der Waals surface area contributed by atoms with Crippen molar-refractivity contribution in [2.45, 2.75) is 26.2 Å². The lowest BCUT2D eigenvalue weighted by Gasteiger charge is -2.28. The van der Waals surface area contributed by atoms with Crippen LogP contribution in [0.2, 0.25) is 0 Å². The van der Waals surface area contributed by atoms with Gasteiger partial charge in [0.25, 0.3) is 0 Å². The van der Waals surface area contributed by atoms with Crippen molar-refractivity contribution in [1.29, 1.82) is 0 Å². The smallest absolute Gasteiger partial charge is 0.00173 e. The molecule has 1 nitrogen and oxygen atoms in total. The van der Waals surface area contributed by atoms with Gasteiger partial charge in [0.1, 0.15) is 0 Å². The average Bonchev–Trinajstić information content (AvgIpc) is 3.24. The van der Waals surface area contributed by atoms with Gasteiger partial charge in [-0.15, -0.1) is 0 Å². The summed E-state index contributed by atoms with van der Waals surface area (Å²) in [6.07, 6.45) is 3.83. The molecule has 3 rings (SSSR count). The molecule has 1 saturated carbocycles. The van der Waals surface area contributed by atoms with Crippen LogP contribution in [0, 0.1) is 11.3 Å². The van der Waals surface area contributed by atoms with Crippen molar-refractivity contribution < 1.29 is 0 Å². The minimum atomic E-state index is 0.282. The molecule has 0 amide bonds. The van der Waals surface area contributed by atoms with E-state index >= 15 is 0 Å². The molecule has 1 unspecified atom stereocenters. The molecule has 2 N–H and O–H groups in total. The second-order valence-corrected chi connectivity index (χ2v) is 5.95. The van der Waals surface area contributed by atoms with Crippen molar-refractivity contribution in [3.05, 3.63) is 48.0 Å². The van der Waals surface area contributed by atoms with E-state index in [4.69, 9.17) is 5.73 Å². The fourth-order valence-electron chi connectivity index (χ4n) is 3.05. The molecule has 2 aromatic rings. The third kappa shape index (κ3) is 2.04. The van der Waals surface area contributed by atoms with E-state index in [0.717, 1.165) is 18.9 Å². The molecule has 0 spiro atoms. The maximum absolute atomic E-state index is 6.04. The Bertz CT molecular complexity index is 551. The number of benzene rings is 2. The highest BCUT2D eigenvalue weighted by Crippen LogP contribution is 2.47. The van der Waals surface area contributed by atoms with Crippen molar-refractivity contribution in [1.82, 2.24) is 0 Å². The number of hydrogen-bond donors (Lipinski definition) is 1. The van der Waals surface area contributed by atoms with Gasteiger partial charge in [-0.2, -0.15) is 0 Å². The summed E-state index contributed by atoms with van der Waals surface area (Å²) in [6, 6.07) is 15.3. The molecule has 0 aliphatic heterocycles. The molecule has 0 heterocycles. The Morgan fingerprint density at radius 1 is 1.11 bits per heavy atom. The minimum absolute atomic E-state index is 0.282. The van der Waals surface area contributed by atoms with E-state index in [-0.39, 0.29) is 5.41 Å². The number of rotatable bonds is 4. The maximum Gasteiger partial charge on any atom is -0.00173 e. The molecular formula is C17H21N. The first kappa shape index (κ1) is 11.7. The van der Waals surface area contributed by atoms with Crippen LogP contribution < -0.4 is 5.73 Å². The van der Waals surface area contributed by atoms with Crippen LogP contribution in [0.15, 0.2) is 42.5 Å². The molecule has 1 atom stereocenters. The summed E-state index contributed by atoms with van der Waals surface area (Å²) in [5.74, 6) is 0.835. The first-order valence-electron chi connectivity index (χ1n) is 6.90. The third-order valence-corrected chi connectivity index (χ3v) is 4.50. The largest absolute Gasteiger partial charge is 0.330 e. The first-order valence-corrected chi connectivity index (χ1v) is 6.90. The Morgan fingerprint density at radius 3 is 2.56 bits per heavy atom. The molecule has 1 aliphatic rings. The van der Waals surface area contributed by atoms with Gasteiger partial charge in [-0.05, 0) is 53.5 Å². The van der Waals surface area contributed by atoms with Crippen molar-refractivity contribution in [3.8, 4) is 0 Å². The van der Waals surface area contributed by atoms with E-state index in [1.54, 1.807) is 0 Å². The lowest BCUT2D eigenvalue weighted by Crippen LogP contribution is -2.31. The van der Waals surface area contributed by atoms with Crippen molar-refractivity contribution in [2.24, 2.45) is 17.1 Å². The Balaban J connectivity index is 1.99. The van der Waals surface area contributed by atoms with E-state index in [0.29, 0.717) is 0 Å². The van der Waals surface area contributed by atoms with Crippen LogP contribution in [0.1, 0.15) is 25.3 Å². The van der Waals surface area contributed by atoms with Crippen LogP contribution in [-0.4, -0.2) is 6.54 Å². The van der Waals surface area contributed by atoms with E-state index in [1.165, 1.54) is 29.2 Å². The van der Waals surface area contributed by atoms with E-state index in [9.17, 15) is 0 Å². The summed E-state index contributed by atoms with van der Waals surface area (Å²) in [4.78, 5) is 0. The van der Waals surface area contributed by atoms with E-state index in [2.05, 4.69) is 49.4 Å². The van der Waals surface area contributed by atoms with Crippen LogP contribution in [0.5, 0.6) is 0 Å². The van der Waals surface area contributed by atoms with Gasteiger partial charge < -0.3 is 5.73 Å². The topological polar surface area (TPSA) is 26.0 Å². The van der Waals surface area contributed by atoms with Crippen LogP contribution >= 0.6 is 0 Å². The summed E-state index contributed by atoms with van der Waals surface area (Å²) in [6.45, 7) is 3.15. The monoisotopic (exact) mass is 239 g/mol. The second-order valence-electron chi connectivity index (χ2n) is 5.95. The summed E-state index contributed by atoms with van der Waals surface area (Å²) < 4.78 is 0. The Hall–Kier alpha value is -1.34. The molecule has 1 fully saturated rings.